The van der Waals surface area contributed by atoms with Crippen molar-refractivity contribution >= 4 is 128 Å². The van der Waals surface area contributed by atoms with Crippen molar-refractivity contribution in [1.82, 2.24) is 55.3 Å². The Morgan fingerprint density at radius 2 is 0.937 bits per heavy atom. The summed E-state index contributed by atoms with van der Waals surface area (Å²) in [6.07, 6.45) is 12.7. The number of carboxylic acids is 1. The number of aliphatic carboxylic acids is 1. The number of hydrogen-bond acceptors (Lipinski definition) is 18. The van der Waals surface area contributed by atoms with E-state index < -0.39 is 42.0 Å². The van der Waals surface area contributed by atoms with Gasteiger partial charge >= 0.3 is 5.97 Å². The molecule has 6 N–H and O–H groups in total. The summed E-state index contributed by atoms with van der Waals surface area (Å²) in [7, 11) is 0. The molecule has 0 saturated carbocycles. The Bertz CT molecular complexity index is 5020. The molecule has 6 aliphatic heterocycles. The smallest absolute Gasteiger partial charge is 0.306 e. The van der Waals surface area contributed by atoms with Gasteiger partial charge in [0.1, 0.15) is 45.8 Å². The highest BCUT2D eigenvalue weighted by atomic mass is 35.5. The van der Waals surface area contributed by atoms with Crippen LogP contribution in [0.5, 0.6) is 0 Å². The van der Waals surface area contributed by atoms with Crippen molar-refractivity contribution in [3.05, 3.63) is 184 Å². The predicted octanol–water partition coefficient (Wildman–Crippen LogP) is 13.5. The quantitative estimate of drug-likeness (QED) is 0.0229. The van der Waals surface area contributed by atoms with Gasteiger partial charge in [0.15, 0.2) is 11.6 Å². The Morgan fingerprint density at radius 3 is 1.36 bits per heavy atom. The van der Waals surface area contributed by atoms with Crippen LogP contribution in [0.15, 0.2) is 94.9 Å². The van der Waals surface area contributed by atoms with E-state index >= 15 is 0 Å². The van der Waals surface area contributed by atoms with Crippen molar-refractivity contribution in [2.24, 2.45) is 9.98 Å². The summed E-state index contributed by atoms with van der Waals surface area (Å²) < 4.78 is 3.98. The SMILES string of the molecule is CCCCCCCCC(=O)Nc1cccc2c1CN(C1CCC(=O)NC1=O)C2=O.Cc1sc2c(c1C)C(c1ccc(Cl)cc1)=N[C@@H](CC(=O)NCCCCCCCC(=O)Nc1cccc3c1CN(C1CCC(=O)NC1=O)C3=O)c1nnc(C)n1-2.Cc1sc2c(c1C)C(c1ccc(Cl)cc1)=N[C@@H](CC(=O)O)c1nnc(C)n1-2. The van der Waals surface area contributed by atoms with Gasteiger partial charge in [0.2, 0.25) is 41.4 Å². The molecule has 10 heterocycles. The van der Waals surface area contributed by atoms with Crippen LogP contribution < -0.4 is 26.6 Å². The fourth-order valence-electron chi connectivity index (χ4n) is 14.7. The normalized spacial score (nSPS) is 17.4. The molecule has 8 aromatic rings. The van der Waals surface area contributed by atoms with Gasteiger partial charge in [0.25, 0.3) is 11.8 Å². The van der Waals surface area contributed by atoms with Gasteiger partial charge in [0, 0.05) is 121 Å². The van der Waals surface area contributed by atoms with Gasteiger partial charge in [-0.2, -0.15) is 0 Å². The number of anilines is 2. The summed E-state index contributed by atoms with van der Waals surface area (Å²) in [6, 6.07) is 23.0. The number of unbranched alkanes of at least 4 members (excludes halogenated alkanes) is 9. The molecular formula is C81H89Cl2N15O11S2. The van der Waals surface area contributed by atoms with Crippen molar-refractivity contribution in [2.75, 3.05) is 17.2 Å². The van der Waals surface area contributed by atoms with Crippen LogP contribution in [0.1, 0.15) is 239 Å². The summed E-state index contributed by atoms with van der Waals surface area (Å²) in [5.41, 5.74) is 11.2. The van der Waals surface area contributed by atoms with E-state index in [1.807, 2.05) is 71.5 Å². The zero-order valence-corrected chi connectivity index (χ0v) is 66.2. The first kappa shape index (κ1) is 80.1. The van der Waals surface area contributed by atoms with Crippen LogP contribution in [-0.4, -0.2) is 134 Å². The minimum absolute atomic E-state index is 0.0548. The molecule has 0 bridgehead atoms. The molecule has 6 aliphatic rings. The van der Waals surface area contributed by atoms with E-state index in [0.717, 1.165) is 117 Å². The first-order valence-corrected chi connectivity index (χ1v) is 40.1. The molecule has 4 aromatic carbocycles. The largest absolute Gasteiger partial charge is 0.481 e. The molecule has 30 heteroatoms. The third-order valence-corrected chi connectivity index (χ3v) is 23.7. The summed E-state index contributed by atoms with van der Waals surface area (Å²) in [5.74, 6) is -0.633. The number of amides is 9. The number of nitrogens with zero attached hydrogens (tertiary/aromatic N) is 10. The standard InChI is InChI=1S/C40H43ClN8O5S.C22H29N3O4.C19H17ClN4O2S/c1-22-23(2)55-40-35(22)36(25-13-15-26(41)16-14-25)44-30(37-47-46-24(3)49(37)40)20-34(52)42-19-8-6-4-5-7-12-32(50)43-29-11-9-10-27-28(29)21-48(39(27)54)31-17-18-33(51)45-38(31)53;1-2-3-4-5-6-7-11-19(26)23-17-10-8-9-15-16(17)14-25(22(15)29)18-12-13-20(27)24-21(18)28;1-9-10(2)27-19-16(9)17(12-4-6-13(20)7-5-12)21-14(8-15(25)26)18-23-22-11(3)24(18)19/h9-11,13-16,30-31H,4-8,12,17-21H2,1-3H3,(H,42,52)(H,43,50)(H,45,51,53);8-10,18H,2-7,11-14H2,1H3,(H,23,26)(H,24,27,28);4-7,14H,8H2,1-3H3,(H,25,26)/t30-,31?;;14-/m0.0/s1. The molecule has 14 rings (SSSR count). The second-order valence-electron chi connectivity index (χ2n) is 28.6. The number of carbonyl (C=O) groups is 10. The third kappa shape index (κ3) is 18.1. The maximum absolute atomic E-state index is 13.3. The first-order chi connectivity index (χ1) is 53.4. The number of benzene rings is 4. The number of aliphatic imine (C=N–C) groups is 2. The van der Waals surface area contributed by atoms with E-state index in [1.165, 1.54) is 38.8 Å². The van der Waals surface area contributed by atoms with Gasteiger partial charge in [-0.3, -0.25) is 77.7 Å². The summed E-state index contributed by atoms with van der Waals surface area (Å²) >= 11 is 15.6. The molecule has 580 valence electrons. The van der Waals surface area contributed by atoms with E-state index in [2.05, 4.69) is 81.6 Å². The van der Waals surface area contributed by atoms with E-state index in [1.54, 1.807) is 59.1 Å². The molecule has 111 heavy (non-hydrogen) atoms. The average molecular weight is 1580 g/mol. The number of hydrogen-bond donors (Lipinski definition) is 6. The zero-order valence-electron chi connectivity index (χ0n) is 63.0. The molecule has 0 radical (unpaired) electrons. The maximum atomic E-state index is 13.3. The van der Waals surface area contributed by atoms with Crippen molar-refractivity contribution in [3.63, 3.8) is 0 Å². The third-order valence-electron chi connectivity index (χ3n) is 20.8. The monoisotopic (exact) mass is 1580 g/mol. The minimum atomic E-state index is -0.926. The molecule has 2 saturated heterocycles. The highest BCUT2D eigenvalue weighted by Crippen LogP contribution is 2.43. The molecular weight excluding hydrogens is 1490 g/mol. The van der Waals surface area contributed by atoms with E-state index in [0.29, 0.717) is 82.0 Å². The van der Waals surface area contributed by atoms with Crippen LogP contribution in [0.3, 0.4) is 0 Å². The van der Waals surface area contributed by atoms with E-state index in [4.69, 9.17) is 33.2 Å². The number of thiophene rings is 2. The van der Waals surface area contributed by atoms with Crippen LogP contribution in [0.25, 0.3) is 10.0 Å². The first-order valence-electron chi connectivity index (χ1n) is 37.7. The number of piperidine rings is 2. The van der Waals surface area contributed by atoms with Crippen LogP contribution in [-0.2, 0) is 51.4 Å². The number of aromatic nitrogens is 6. The topological polar surface area (TPSA) is 344 Å². The molecule has 9 amide bonds. The predicted molar refractivity (Wildman–Crippen MR) is 424 cm³/mol. The average Bonchev–Trinajstić information content (AvgIpc) is 1.60. The lowest BCUT2D eigenvalue weighted by atomic mass is 9.99. The highest BCUT2D eigenvalue weighted by Gasteiger charge is 2.43. The van der Waals surface area contributed by atoms with Crippen molar-refractivity contribution in [2.45, 2.75) is 208 Å². The Balaban J connectivity index is 0.000000171. The van der Waals surface area contributed by atoms with E-state index in [9.17, 15) is 53.1 Å². The maximum Gasteiger partial charge on any atom is 0.306 e. The zero-order chi connectivity index (χ0) is 78.9. The summed E-state index contributed by atoms with van der Waals surface area (Å²) in [5, 5.41) is 43.5. The lowest BCUT2D eigenvalue weighted by molar-refractivity contribution is -0.138. The molecule has 2 unspecified atom stereocenters. The molecule has 2 fully saturated rings. The molecule has 0 spiro atoms. The van der Waals surface area contributed by atoms with Gasteiger partial charge in [-0.05, 0) is 133 Å². The summed E-state index contributed by atoms with van der Waals surface area (Å²) in [6.45, 7) is 15.3. The number of aryl methyl sites for hydroxylation is 4. The number of nitrogens with one attached hydrogen (secondary N) is 5. The fraction of sp³-hybridized carbons (Fsp3) is 0.407. The number of rotatable bonds is 25. The highest BCUT2D eigenvalue weighted by molar-refractivity contribution is 7.15. The molecule has 4 atom stereocenters. The van der Waals surface area contributed by atoms with Crippen LogP contribution in [0, 0.1) is 41.5 Å². The van der Waals surface area contributed by atoms with Gasteiger partial charge in [0.05, 0.1) is 24.3 Å². The Kier molecular flexibility index (Phi) is 25.8. The second kappa shape index (κ2) is 35.7. The lowest BCUT2D eigenvalue weighted by Gasteiger charge is -2.29. The van der Waals surface area contributed by atoms with Crippen LogP contribution >= 0.6 is 45.9 Å². The van der Waals surface area contributed by atoms with E-state index in [-0.39, 0.29) is 86.5 Å². The second-order valence-corrected chi connectivity index (χ2v) is 31.8. The molecule has 0 aliphatic carbocycles. The fourth-order valence-corrected chi connectivity index (χ4v) is 17.4. The molecule has 4 aromatic heterocycles. The van der Waals surface area contributed by atoms with Crippen molar-refractivity contribution < 1.29 is 53.1 Å². The van der Waals surface area contributed by atoms with Gasteiger partial charge in [-0.25, -0.2) is 0 Å². The number of imide groups is 2. The lowest BCUT2D eigenvalue weighted by Crippen LogP contribution is -2.52. The van der Waals surface area contributed by atoms with Crippen LogP contribution in [0.2, 0.25) is 10.0 Å². The number of carbonyl (C=O) groups excluding carboxylic acids is 9. The number of carboxylic acid groups (broad SMARTS) is 1. The molecule has 26 nitrogen and oxygen atoms in total. The van der Waals surface area contributed by atoms with Crippen molar-refractivity contribution in [1.29, 1.82) is 0 Å². The van der Waals surface area contributed by atoms with Crippen molar-refractivity contribution in [3.8, 4) is 10.0 Å². The Hall–Kier alpha value is -10.4. The van der Waals surface area contributed by atoms with Crippen LogP contribution in [0.4, 0.5) is 11.4 Å². The minimum Gasteiger partial charge on any atom is -0.481 e. The van der Waals surface area contributed by atoms with Gasteiger partial charge in [-0.1, -0.05) is 118 Å². The Labute approximate surface area is 660 Å². The summed E-state index contributed by atoms with van der Waals surface area (Å²) in [4.78, 5) is 139. The van der Waals surface area contributed by atoms with Gasteiger partial charge in [-0.15, -0.1) is 43.1 Å². The Morgan fingerprint density at radius 1 is 0.523 bits per heavy atom. The number of halogens is 2. The number of fused-ring (bicyclic) bond motifs is 8. The van der Waals surface area contributed by atoms with Gasteiger partial charge < -0.3 is 30.9 Å².